The van der Waals surface area contributed by atoms with Gasteiger partial charge < -0.3 is 4.90 Å². The lowest BCUT2D eigenvalue weighted by molar-refractivity contribution is -0.117. The van der Waals surface area contributed by atoms with Gasteiger partial charge in [0.1, 0.15) is 5.82 Å². The molecule has 0 spiro atoms. The summed E-state index contributed by atoms with van der Waals surface area (Å²) in [7, 11) is 0. The van der Waals surface area contributed by atoms with Gasteiger partial charge in [0.05, 0.1) is 4.47 Å². The van der Waals surface area contributed by atoms with E-state index in [2.05, 4.69) is 15.9 Å². The first-order chi connectivity index (χ1) is 7.61. The van der Waals surface area contributed by atoms with Gasteiger partial charge in [-0.1, -0.05) is 0 Å². The summed E-state index contributed by atoms with van der Waals surface area (Å²) in [5.41, 5.74) is 0.596. The van der Waals surface area contributed by atoms with Crippen LogP contribution in [-0.4, -0.2) is 18.3 Å². The molecule has 2 nitrogen and oxygen atoms in total. The van der Waals surface area contributed by atoms with Crippen LogP contribution in [0.2, 0.25) is 0 Å². The molecular weight excluding hydrogens is 296 g/mol. The Labute approximate surface area is 107 Å². The Morgan fingerprint density at radius 1 is 1.56 bits per heavy atom. The predicted octanol–water partition coefficient (Wildman–Crippen LogP) is 3.18. The van der Waals surface area contributed by atoms with Gasteiger partial charge in [-0.15, -0.1) is 11.6 Å². The quantitative estimate of drug-likeness (QED) is 0.769. The largest absolute Gasteiger partial charge is 0.312 e. The minimum atomic E-state index is -0.361. The molecule has 1 amide bonds. The van der Waals surface area contributed by atoms with E-state index in [1.807, 2.05) is 0 Å². The topological polar surface area (TPSA) is 20.3 Å². The van der Waals surface area contributed by atoms with Crippen molar-refractivity contribution in [2.75, 3.05) is 17.3 Å². The van der Waals surface area contributed by atoms with Gasteiger partial charge in [0.2, 0.25) is 5.91 Å². The average Bonchev–Trinajstić information content (AvgIpc) is 2.64. The second kappa shape index (κ2) is 4.72. The van der Waals surface area contributed by atoms with E-state index in [4.69, 9.17) is 11.6 Å². The van der Waals surface area contributed by atoms with Crippen molar-refractivity contribution >= 4 is 39.1 Å². The fourth-order valence-electron chi connectivity index (χ4n) is 1.79. The van der Waals surface area contributed by atoms with Gasteiger partial charge in [-0.3, -0.25) is 4.79 Å². The monoisotopic (exact) mass is 305 g/mol. The second-order valence-corrected chi connectivity index (χ2v) is 4.99. The lowest BCUT2D eigenvalue weighted by Gasteiger charge is -2.16. The van der Waals surface area contributed by atoms with Gasteiger partial charge in [-0.05, 0) is 40.0 Å². The van der Waals surface area contributed by atoms with Crippen LogP contribution in [0, 0.1) is 11.7 Å². The van der Waals surface area contributed by atoms with Crippen molar-refractivity contribution in [3.63, 3.8) is 0 Å². The first-order valence-electron chi connectivity index (χ1n) is 4.93. The number of benzene rings is 1. The Hall–Kier alpha value is -0.610. The van der Waals surface area contributed by atoms with Crippen LogP contribution in [0.5, 0.6) is 0 Å². The smallest absolute Gasteiger partial charge is 0.227 e. The fourth-order valence-corrected chi connectivity index (χ4v) is 2.24. The third-order valence-electron chi connectivity index (χ3n) is 2.64. The third-order valence-corrected chi connectivity index (χ3v) is 3.72. The van der Waals surface area contributed by atoms with Gasteiger partial charge in [0.15, 0.2) is 0 Å². The zero-order valence-electron chi connectivity index (χ0n) is 8.42. The third kappa shape index (κ3) is 2.23. The standard InChI is InChI=1S/C11H10BrClFNO/c12-9-2-1-8(4-10(9)14)15-6-7(5-13)3-11(15)16/h1-2,4,7H,3,5-6H2. The molecular formula is C11H10BrClFNO. The number of hydrogen-bond acceptors (Lipinski definition) is 1. The van der Waals surface area contributed by atoms with Crippen LogP contribution in [0.1, 0.15) is 6.42 Å². The van der Waals surface area contributed by atoms with Crippen LogP contribution in [0.25, 0.3) is 0 Å². The number of carbonyl (C=O) groups excluding carboxylic acids is 1. The van der Waals surface area contributed by atoms with Gasteiger partial charge in [-0.2, -0.15) is 0 Å². The molecule has 1 aliphatic heterocycles. The highest BCUT2D eigenvalue weighted by Gasteiger charge is 2.30. The van der Waals surface area contributed by atoms with Crippen molar-refractivity contribution in [1.82, 2.24) is 0 Å². The van der Waals surface area contributed by atoms with Crippen molar-refractivity contribution in [1.29, 1.82) is 0 Å². The van der Waals surface area contributed by atoms with Gasteiger partial charge in [-0.25, -0.2) is 4.39 Å². The van der Waals surface area contributed by atoms with E-state index in [-0.39, 0.29) is 17.6 Å². The maximum atomic E-state index is 13.3. The zero-order chi connectivity index (χ0) is 11.7. The highest BCUT2D eigenvalue weighted by molar-refractivity contribution is 9.10. The van der Waals surface area contributed by atoms with E-state index in [0.717, 1.165) is 0 Å². The maximum Gasteiger partial charge on any atom is 0.227 e. The Kier molecular flexibility index (Phi) is 3.50. The van der Waals surface area contributed by atoms with Crippen LogP contribution in [0.15, 0.2) is 22.7 Å². The minimum Gasteiger partial charge on any atom is -0.312 e. The highest BCUT2D eigenvalue weighted by atomic mass is 79.9. The van der Waals surface area contributed by atoms with E-state index >= 15 is 0 Å². The highest BCUT2D eigenvalue weighted by Crippen LogP contribution is 2.28. The van der Waals surface area contributed by atoms with E-state index in [0.29, 0.717) is 29.0 Å². The minimum absolute atomic E-state index is 0.00683. The Balaban J connectivity index is 2.24. The summed E-state index contributed by atoms with van der Waals surface area (Å²) in [5.74, 6) is 0.272. The Morgan fingerprint density at radius 2 is 2.31 bits per heavy atom. The molecule has 0 aliphatic carbocycles. The van der Waals surface area contributed by atoms with Crippen LogP contribution in [0.3, 0.4) is 0 Å². The molecule has 0 bridgehead atoms. The van der Waals surface area contributed by atoms with Gasteiger partial charge in [0.25, 0.3) is 0 Å². The molecule has 0 aromatic heterocycles. The number of halogens is 3. The van der Waals surface area contributed by atoms with E-state index in [1.165, 1.54) is 6.07 Å². The molecule has 2 rings (SSSR count). The molecule has 1 unspecified atom stereocenters. The molecule has 1 aromatic rings. The maximum absolute atomic E-state index is 13.3. The molecule has 1 atom stereocenters. The van der Waals surface area contributed by atoms with Crippen LogP contribution in [0.4, 0.5) is 10.1 Å². The van der Waals surface area contributed by atoms with Crippen molar-refractivity contribution in [2.45, 2.75) is 6.42 Å². The van der Waals surface area contributed by atoms with Crippen molar-refractivity contribution < 1.29 is 9.18 Å². The van der Waals surface area contributed by atoms with Crippen molar-refractivity contribution in [2.24, 2.45) is 5.92 Å². The molecule has 0 N–H and O–H groups in total. The van der Waals surface area contributed by atoms with Crippen LogP contribution < -0.4 is 4.90 Å². The number of hydrogen-bond donors (Lipinski definition) is 0. The van der Waals surface area contributed by atoms with E-state index in [9.17, 15) is 9.18 Å². The first kappa shape index (κ1) is 11.9. The summed E-state index contributed by atoms with van der Waals surface area (Å²) in [6.07, 6.45) is 0.446. The number of alkyl halides is 1. The number of amides is 1. The molecule has 1 aliphatic rings. The summed E-state index contributed by atoms with van der Waals surface area (Å²) in [4.78, 5) is 13.3. The fraction of sp³-hybridized carbons (Fsp3) is 0.364. The SMILES string of the molecule is O=C1CC(CCl)CN1c1ccc(Br)c(F)c1. The van der Waals surface area contributed by atoms with Crippen LogP contribution in [-0.2, 0) is 4.79 Å². The van der Waals surface area contributed by atoms with E-state index in [1.54, 1.807) is 17.0 Å². The molecule has 5 heteroatoms. The van der Waals surface area contributed by atoms with Gasteiger partial charge in [0, 0.05) is 24.5 Å². The van der Waals surface area contributed by atoms with Crippen molar-refractivity contribution in [3.8, 4) is 0 Å². The molecule has 1 aromatic carbocycles. The van der Waals surface area contributed by atoms with E-state index < -0.39 is 0 Å². The Morgan fingerprint density at radius 3 is 2.88 bits per heavy atom. The number of nitrogens with zero attached hydrogens (tertiary/aromatic N) is 1. The lowest BCUT2D eigenvalue weighted by atomic mass is 10.1. The lowest BCUT2D eigenvalue weighted by Crippen LogP contribution is -2.24. The summed E-state index contributed by atoms with van der Waals surface area (Å²) >= 11 is 8.80. The van der Waals surface area contributed by atoms with Crippen molar-refractivity contribution in [3.05, 3.63) is 28.5 Å². The average molecular weight is 307 g/mol. The molecule has 1 saturated heterocycles. The molecule has 0 radical (unpaired) electrons. The summed E-state index contributed by atoms with van der Waals surface area (Å²) in [5, 5.41) is 0. The normalized spacial score (nSPS) is 20.6. The molecule has 1 fully saturated rings. The summed E-state index contributed by atoms with van der Waals surface area (Å²) < 4.78 is 13.7. The van der Waals surface area contributed by atoms with Crippen LogP contribution >= 0.6 is 27.5 Å². The second-order valence-electron chi connectivity index (χ2n) is 3.83. The predicted molar refractivity (Wildman–Crippen MR) is 65.3 cm³/mol. The number of anilines is 1. The zero-order valence-corrected chi connectivity index (χ0v) is 10.8. The summed E-state index contributed by atoms with van der Waals surface area (Å²) in [6.45, 7) is 0.573. The number of carbonyl (C=O) groups is 1. The molecule has 86 valence electrons. The molecule has 1 heterocycles. The summed E-state index contributed by atoms with van der Waals surface area (Å²) in [6, 6.07) is 4.69. The number of rotatable bonds is 2. The molecule has 0 saturated carbocycles. The first-order valence-corrected chi connectivity index (χ1v) is 6.26. The molecule has 16 heavy (non-hydrogen) atoms. The Bertz CT molecular complexity index is 426. The van der Waals surface area contributed by atoms with Gasteiger partial charge >= 0.3 is 0 Å².